The quantitative estimate of drug-likeness (QED) is 0.867. The Morgan fingerprint density at radius 1 is 1.28 bits per heavy atom. The highest BCUT2D eigenvalue weighted by atomic mass is 32.2. The monoisotopic (exact) mass is 365 g/mol. The molecule has 0 aliphatic heterocycles. The van der Waals surface area contributed by atoms with Gasteiger partial charge in [0.05, 0.1) is 12.0 Å². The Hall–Kier alpha value is -2.00. The highest BCUT2D eigenvalue weighted by molar-refractivity contribution is 7.89. The van der Waals surface area contributed by atoms with E-state index in [1.165, 1.54) is 30.3 Å². The molecule has 1 N–H and O–H groups in total. The number of nitrogens with zero attached hydrogens (tertiary/aromatic N) is 4. The molecular formula is C16H23N5O3S. The summed E-state index contributed by atoms with van der Waals surface area (Å²) < 4.78 is 35.3. The second-order valence-corrected chi connectivity index (χ2v) is 8.43. The van der Waals surface area contributed by atoms with E-state index in [0.29, 0.717) is 23.3 Å². The second-order valence-electron chi connectivity index (χ2n) is 6.71. The molecule has 0 saturated heterocycles. The molecule has 25 heavy (non-hydrogen) atoms. The molecule has 1 heterocycles. The Morgan fingerprint density at radius 3 is 2.76 bits per heavy atom. The molecule has 0 spiro atoms. The topological polar surface area (TPSA) is 99.0 Å². The molecule has 0 amide bonds. The molecule has 3 atom stereocenters. The summed E-state index contributed by atoms with van der Waals surface area (Å²) in [7, 11) is -2.13. The van der Waals surface area contributed by atoms with Crippen LogP contribution in [0.5, 0.6) is 5.75 Å². The van der Waals surface area contributed by atoms with Gasteiger partial charge in [-0.3, -0.25) is 0 Å². The molecule has 136 valence electrons. The minimum Gasteiger partial charge on any atom is -0.494 e. The molecular weight excluding hydrogens is 342 g/mol. The van der Waals surface area contributed by atoms with Crippen LogP contribution >= 0.6 is 0 Å². The normalized spacial score (nSPS) is 24.2. The van der Waals surface area contributed by atoms with Gasteiger partial charge in [-0.15, -0.1) is 5.10 Å². The van der Waals surface area contributed by atoms with Crippen LogP contribution in [-0.2, 0) is 10.0 Å². The number of tetrazole rings is 1. The van der Waals surface area contributed by atoms with Gasteiger partial charge >= 0.3 is 0 Å². The fourth-order valence-electron chi connectivity index (χ4n) is 3.25. The molecule has 9 heteroatoms. The maximum Gasteiger partial charge on any atom is 0.240 e. The van der Waals surface area contributed by atoms with Crippen LogP contribution in [0.25, 0.3) is 5.69 Å². The number of aromatic nitrogens is 4. The maximum absolute atomic E-state index is 12.9. The highest BCUT2D eigenvalue weighted by Gasteiger charge is 2.30. The van der Waals surface area contributed by atoms with Gasteiger partial charge in [0.1, 0.15) is 17.8 Å². The number of sulfonamides is 1. The van der Waals surface area contributed by atoms with Crippen LogP contribution in [0.1, 0.15) is 33.1 Å². The van der Waals surface area contributed by atoms with Gasteiger partial charge in [0.25, 0.3) is 0 Å². The number of benzene rings is 1. The lowest BCUT2D eigenvalue weighted by Crippen LogP contribution is -2.42. The van der Waals surface area contributed by atoms with Gasteiger partial charge in [0.15, 0.2) is 0 Å². The van der Waals surface area contributed by atoms with Crippen molar-refractivity contribution in [3.8, 4) is 11.4 Å². The molecule has 3 rings (SSSR count). The Balaban J connectivity index is 1.91. The first-order valence-corrected chi connectivity index (χ1v) is 9.82. The third-order valence-electron chi connectivity index (χ3n) is 4.82. The van der Waals surface area contributed by atoms with E-state index < -0.39 is 10.0 Å². The summed E-state index contributed by atoms with van der Waals surface area (Å²) in [5, 5.41) is 11.0. The zero-order chi connectivity index (χ0) is 18.0. The Bertz CT molecular complexity index is 822. The van der Waals surface area contributed by atoms with Crippen molar-refractivity contribution in [2.45, 2.75) is 44.0 Å². The Labute approximate surface area is 147 Å². The standard InChI is InChI=1S/C16H23N5O3S/c1-11-4-5-12(2)14(8-11)18-25(22,23)13-6-7-16(24-3)15(9-13)21-10-17-19-20-21/h6-7,9-12,14,18H,4-5,8H2,1-3H3/t11-,12+,14-/m1/s1. The predicted octanol–water partition coefficient (Wildman–Crippen LogP) is 1.77. The summed E-state index contributed by atoms with van der Waals surface area (Å²) in [6, 6.07) is 4.62. The molecule has 2 aromatic rings. The van der Waals surface area contributed by atoms with Crippen LogP contribution in [0, 0.1) is 11.8 Å². The molecule has 8 nitrogen and oxygen atoms in total. The van der Waals surface area contributed by atoms with Gasteiger partial charge in [-0.05, 0) is 53.3 Å². The van der Waals surface area contributed by atoms with Crippen LogP contribution in [0.2, 0.25) is 0 Å². The van der Waals surface area contributed by atoms with E-state index >= 15 is 0 Å². The fraction of sp³-hybridized carbons (Fsp3) is 0.562. The number of hydrogen-bond donors (Lipinski definition) is 1. The van der Waals surface area contributed by atoms with E-state index in [2.05, 4.69) is 34.1 Å². The van der Waals surface area contributed by atoms with Crippen LogP contribution in [0.4, 0.5) is 0 Å². The lowest BCUT2D eigenvalue weighted by molar-refractivity contribution is 0.251. The van der Waals surface area contributed by atoms with E-state index in [-0.39, 0.29) is 10.9 Å². The maximum atomic E-state index is 12.9. The Kier molecular flexibility index (Phi) is 5.05. The zero-order valence-corrected chi connectivity index (χ0v) is 15.4. The van der Waals surface area contributed by atoms with Gasteiger partial charge in [0.2, 0.25) is 10.0 Å². The third-order valence-corrected chi connectivity index (χ3v) is 6.31. The van der Waals surface area contributed by atoms with Gasteiger partial charge in [-0.2, -0.15) is 4.68 Å². The SMILES string of the molecule is COc1ccc(S(=O)(=O)N[C@@H]2C[C@H](C)CC[C@@H]2C)cc1-n1cnnn1. The molecule has 1 aliphatic rings. The van der Waals surface area contributed by atoms with Crippen molar-refractivity contribution >= 4 is 10.0 Å². The van der Waals surface area contributed by atoms with Crippen molar-refractivity contribution in [3.63, 3.8) is 0 Å². The lowest BCUT2D eigenvalue weighted by atomic mass is 9.81. The van der Waals surface area contributed by atoms with Crippen molar-refractivity contribution in [3.05, 3.63) is 24.5 Å². The van der Waals surface area contributed by atoms with Crippen molar-refractivity contribution < 1.29 is 13.2 Å². The lowest BCUT2D eigenvalue weighted by Gasteiger charge is -2.33. The molecule has 0 radical (unpaired) electrons. The van der Waals surface area contributed by atoms with Crippen LogP contribution in [0.3, 0.4) is 0 Å². The molecule has 0 bridgehead atoms. The second kappa shape index (κ2) is 7.09. The summed E-state index contributed by atoms with van der Waals surface area (Å²) >= 11 is 0. The number of hydrogen-bond acceptors (Lipinski definition) is 6. The van der Waals surface area contributed by atoms with Crippen LogP contribution in [-0.4, -0.2) is 41.8 Å². The van der Waals surface area contributed by atoms with Crippen molar-refractivity contribution in [1.82, 2.24) is 24.9 Å². The molecule has 0 unspecified atom stereocenters. The first-order valence-electron chi connectivity index (χ1n) is 8.34. The largest absolute Gasteiger partial charge is 0.494 e. The van der Waals surface area contributed by atoms with Crippen molar-refractivity contribution in [1.29, 1.82) is 0 Å². The van der Waals surface area contributed by atoms with E-state index in [4.69, 9.17) is 4.74 Å². The minimum atomic E-state index is -3.64. The summed E-state index contributed by atoms with van der Waals surface area (Å²) in [5.41, 5.74) is 0.473. The number of nitrogens with one attached hydrogen (secondary N) is 1. The molecule has 1 aliphatic carbocycles. The van der Waals surface area contributed by atoms with Crippen LogP contribution < -0.4 is 9.46 Å². The Morgan fingerprint density at radius 2 is 2.08 bits per heavy atom. The average Bonchev–Trinajstić information content (AvgIpc) is 3.11. The molecule has 1 aromatic carbocycles. The summed E-state index contributed by atoms with van der Waals surface area (Å²) in [4.78, 5) is 0.171. The number of methoxy groups -OCH3 is 1. The first kappa shape index (κ1) is 17.8. The van der Waals surface area contributed by atoms with Crippen molar-refractivity contribution in [2.75, 3.05) is 7.11 Å². The average molecular weight is 365 g/mol. The van der Waals surface area contributed by atoms with Gasteiger partial charge in [-0.25, -0.2) is 13.1 Å². The fourth-order valence-corrected chi connectivity index (χ4v) is 4.63. The number of rotatable bonds is 5. The summed E-state index contributed by atoms with van der Waals surface area (Å²) in [6.45, 7) is 4.26. The van der Waals surface area contributed by atoms with Gasteiger partial charge in [-0.1, -0.05) is 20.3 Å². The molecule has 1 saturated carbocycles. The third kappa shape index (κ3) is 3.82. The van der Waals surface area contributed by atoms with Gasteiger partial charge in [0, 0.05) is 6.04 Å². The predicted molar refractivity (Wildman–Crippen MR) is 92.0 cm³/mol. The van der Waals surface area contributed by atoms with E-state index in [1.54, 1.807) is 6.07 Å². The molecule has 1 fully saturated rings. The zero-order valence-electron chi connectivity index (χ0n) is 14.6. The smallest absolute Gasteiger partial charge is 0.240 e. The van der Waals surface area contributed by atoms with Gasteiger partial charge < -0.3 is 4.74 Å². The summed E-state index contributed by atoms with van der Waals surface area (Å²) in [5.74, 6) is 1.34. The van der Waals surface area contributed by atoms with Crippen LogP contribution in [0.15, 0.2) is 29.4 Å². The molecule has 1 aromatic heterocycles. The highest BCUT2D eigenvalue weighted by Crippen LogP contribution is 2.30. The minimum absolute atomic E-state index is 0.0488. The van der Waals surface area contributed by atoms with E-state index in [1.807, 2.05) is 0 Å². The van der Waals surface area contributed by atoms with E-state index in [0.717, 1.165) is 19.3 Å². The summed E-state index contributed by atoms with van der Waals surface area (Å²) in [6.07, 6.45) is 4.43. The first-order chi connectivity index (χ1) is 11.9. The number of ether oxygens (including phenoxy) is 1. The van der Waals surface area contributed by atoms with Crippen molar-refractivity contribution in [2.24, 2.45) is 11.8 Å². The van der Waals surface area contributed by atoms with E-state index in [9.17, 15) is 8.42 Å².